The van der Waals surface area contributed by atoms with E-state index in [1.807, 2.05) is 25.7 Å². The molecule has 0 radical (unpaired) electrons. The van der Waals surface area contributed by atoms with Gasteiger partial charge in [-0.15, -0.1) is 0 Å². The highest BCUT2D eigenvalue weighted by Gasteiger charge is 2.24. The first-order valence-electron chi connectivity index (χ1n) is 10.4. The van der Waals surface area contributed by atoms with Crippen molar-refractivity contribution in [3.05, 3.63) is 29.3 Å². The fourth-order valence-electron chi connectivity index (χ4n) is 3.78. The average Bonchev–Trinajstić information content (AvgIpc) is 2.83. The summed E-state index contributed by atoms with van der Waals surface area (Å²) in [6.07, 6.45) is 5.48. The molecule has 1 aromatic rings. The van der Waals surface area contributed by atoms with E-state index in [9.17, 15) is 4.79 Å². The number of benzene rings is 1. The van der Waals surface area contributed by atoms with E-state index < -0.39 is 5.60 Å². The van der Waals surface area contributed by atoms with E-state index in [1.165, 1.54) is 43.5 Å². The van der Waals surface area contributed by atoms with Crippen LogP contribution >= 0.6 is 0 Å². The van der Waals surface area contributed by atoms with Crippen LogP contribution in [0.5, 0.6) is 5.75 Å². The lowest BCUT2D eigenvalue weighted by atomic mass is 10.0. The predicted octanol–water partition coefficient (Wildman–Crippen LogP) is 3.89. The molecule has 5 heteroatoms. The number of ether oxygens (including phenoxy) is 2. The van der Waals surface area contributed by atoms with Gasteiger partial charge in [-0.3, -0.25) is 4.90 Å². The number of hydrogen-bond donors (Lipinski definition) is 0. The van der Waals surface area contributed by atoms with Crippen molar-refractivity contribution >= 4 is 6.09 Å². The third-order valence-corrected chi connectivity index (χ3v) is 5.26. The standard InChI is InChI=1S/C22H34N2O3/c1-22(2,3)27-21(25)24-13-9-18-7-8-20(17-19(18)10-14-24)26-16-15-23-11-5-4-6-12-23/h7-8,17H,4-6,9-16H2,1-3H3. The molecule has 1 saturated heterocycles. The molecule has 0 N–H and O–H groups in total. The Morgan fingerprint density at radius 2 is 1.70 bits per heavy atom. The fraction of sp³-hybridized carbons (Fsp3) is 0.682. The average molecular weight is 375 g/mol. The van der Waals surface area contributed by atoms with E-state index in [2.05, 4.69) is 23.1 Å². The summed E-state index contributed by atoms with van der Waals surface area (Å²) in [6.45, 7) is 11.3. The van der Waals surface area contributed by atoms with Gasteiger partial charge in [0, 0.05) is 19.6 Å². The number of hydrogen-bond acceptors (Lipinski definition) is 4. The van der Waals surface area contributed by atoms with E-state index in [0.29, 0.717) is 13.1 Å². The molecule has 0 atom stereocenters. The monoisotopic (exact) mass is 374 g/mol. The molecule has 0 bridgehead atoms. The third-order valence-electron chi connectivity index (χ3n) is 5.26. The van der Waals surface area contributed by atoms with Crippen LogP contribution in [0.15, 0.2) is 18.2 Å². The number of fused-ring (bicyclic) bond motifs is 1. The van der Waals surface area contributed by atoms with Crippen LogP contribution in [0.4, 0.5) is 4.79 Å². The zero-order chi connectivity index (χ0) is 19.3. The van der Waals surface area contributed by atoms with Gasteiger partial charge in [0.15, 0.2) is 0 Å². The Hall–Kier alpha value is -1.75. The fourth-order valence-corrected chi connectivity index (χ4v) is 3.78. The van der Waals surface area contributed by atoms with Crippen molar-refractivity contribution in [1.29, 1.82) is 0 Å². The maximum Gasteiger partial charge on any atom is 0.410 e. The summed E-state index contributed by atoms with van der Waals surface area (Å²) in [4.78, 5) is 16.7. The zero-order valence-electron chi connectivity index (χ0n) is 17.1. The molecule has 2 heterocycles. The predicted molar refractivity (Wildman–Crippen MR) is 107 cm³/mol. The molecular formula is C22H34N2O3. The molecule has 5 nitrogen and oxygen atoms in total. The van der Waals surface area contributed by atoms with Gasteiger partial charge in [0.25, 0.3) is 0 Å². The Morgan fingerprint density at radius 1 is 1.00 bits per heavy atom. The number of likely N-dealkylation sites (tertiary alicyclic amines) is 1. The summed E-state index contributed by atoms with van der Waals surface area (Å²) in [5.74, 6) is 0.941. The minimum Gasteiger partial charge on any atom is -0.492 e. The summed E-state index contributed by atoms with van der Waals surface area (Å²) >= 11 is 0. The van der Waals surface area contributed by atoms with Crippen LogP contribution in [0.1, 0.15) is 51.2 Å². The highest BCUT2D eigenvalue weighted by atomic mass is 16.6. The van der Waals surface area contributed by atoms with Crippen molar-refractivity contribution in [1.82, 2.24) is 9.80 Å². The van der Waals surface area contributed by atoms with Crippen LogP contribution < -0.4 is 4.74 Å². The first-order chi connectivity index (χ1) is 12.9. The van der Waals surface area contributed by atoms with Crippen molar-refractivity contribution in [3.8, 4) is 5.75 Å². The maximum atomic E-state index is 12.4. The molecule has 0 aromatic heterocycles. The summed E-state index contributed by atoms with van der Waals surface area (Å²) in [5.41, 5.74) is 2.15. The minimum atomic E-state index is -0.453. The second-order valence-electron chi connectivity index (χ2n) is 8.65. The molecule has 2 aliphatic rings. The summed E-state index contributed by atoms with van der Waals surface area (Å²) in [6, 6.07) is 6.38. The molecule has 1 fully saturated rings. The van der Waals surface area contributed by atoms with Crippen molar-refractivity contribution in [3.63, 3.8) is 0 Å². The van der Waals surface area contributed by atoms with Gasteiger partial charge >= 0.3 is 6.09 Å². The van der Waals surface area contributed by atoms with Gasteiger partial charge in [0.05, 0.1) is 0 Å². The van der Waals surface area contributed by atoms with Gasteiger partial charge in [0.1, 0.15) is 18.0 Å². The Labute approximate surface area is 163 Å². The van der Waals surface area contributed by atoms with E-state index in [4.69, 9.17) is 9.47 Å². The van der Waals surface area contributed by atoms with Gasteiger partial charge < -0.3 is 14.4 Å². The molecule has 1 amide bonds. The Morgan fingerprint density at radius 3 is 2.41 bits per heavy atom. The van der Waals surface area contributed by atoms with Gasteiger partial charge in [-0.1, -0.05) is 12.5 Å². The zero-order valence-corrected chi connectivity index (χ0v) is 17.1. The summed E-state index contributed by atoms with van der Waals surface area (Å²) in [5, 5.41) is 0. The SMILES string of the molecule is CC(C)(C)OC(=O)N1CCc2ccc(OCCN3CCCCC3)cc2CC1. The number of rotatable bonds is 4. The molecule has 0 unspecified atom stereocenters. The third kappa shape index (κ3) is 6.13. The lowest BCUT2D eigenvalue weighted by Crippen LogP contribution is -2.38. The number of piperidine rings is 1. The molecule has 1 aromatic carbocycles. The Bertz CT molecular complexity index is 633. The number of nitrogens with zero attached hydrogens (tertiary/aromatic N) is 2. The number of carbonyl (C=O) groups is 1. The molecule has 0 saturated carbocycles. The van der Waals surface area contributed by atoms with Crippen LogP contribution in [0, 0.1) is 0 Å². The minimum absolute atomic E-state index is 0.215. The number of amides is 1. The van der Waals surface area contributed by atoms with E-state index in [-0.39, 0.29) is 6.09 Å². The van der Waals surface area contributed by atoms with Crippen molar-refractivity contribution in [2.75, 3.05) is 39.3 Å². The quantitative estimate of drug-likeness (QED) is 0.802. The van der Waals surface area contributed by atoms with Crippen LogP contribution in [-0.4, -0.2) is 60.8 Å². The Balaban J connectivity index is 1.51. The van der Waals surface area contributed by atoms with E-state index >= 15 is 0 Å². The number of carbonyl (C=O) groups excluding carboxylic acids is 1. The summed E-state index contributed by atoms with van der Waals surface area (Å²) < 4.78 is 11.5. The highest BCUT2D eigenvalue weighted by Crippen LogP contribution is 2.23. The van der Waals surface area contributed by atoms with Crippen molar-refractivity contribution < 1.29 is 14.3 Å². The van der Waals surface area contributed by atoms with Crippen LogP contribution in [0.3, 0.4) is 0 Å². The highest BCUT2D eigenvalue weighted by molar-refractivity contribution is 5.68. The lowest BCUT2D eigenvalue weighted by molar-refractivity contribution is 0.0258. The second-order valence-corrected chi connectivity index (χ2v) is 8.65. The normalized spacial score (nSPS) is 18.6. The largest absolute Gasteiger partial charge is 0.492 e. The van der Waals surface area contributed by atoms with Gasteiger partial charge in [0.2, 0.25) is 0 Å². The van der Waals surface area contributed by atoms with Gasteiger partial charge in [-0.2, -0.15) is 0 Å². The molecule has 3 rings (SSSR count). The smallest absolute Gasteiger partial charge is 0.410 e. The Kier molecular flexibility index (Phi) is 6.64. The van der Waals surface area contributed by atoms with E-state index in [0.717, 1.165) is 31.7 Å². The maximum absolute atomic E-state index is 12.4. The topological polar surface area (TPSA) is 42.0 Å². The van der Waals surface area contributed by atoms with Gasteiger partial charge in [-0.25, -0.2) is 4.79 Å². The molecule has 150 valence electrons. The van der Waals surface area contributed by atoms with Crippen LogP contribution in [-0.2, 0) is 17.6 Å². The second kappa shape index (κ2) is 8.96. The molecule has 0 spiro atoms. The lowest BCUT2D eigenvalue weighted by Gasteiger charge is -2.26. The van der Waals surface area contributed by atoms with Gasteiger partial charge in [-0.05, 0) is 82.8 Å². The first kappa shape index (κ1) is 20.0. The summed E-state index contributed by atoms with van der Waals surface area (Å²) in [7, 11) is 0. The molecule has 27 heavy (non-hydrogen) atoms. The van der Waals surface area contributed by atoms with E-state index in [1.54, 1.807) is 0 Å². The first-order valence-corrected chi connectivity index (χ1v) is 10.4. The molecule has 2 aliphatic heterocycles. The molecule has 0 aliphatic carbocycles. The van der Waals surface area contributed by atoms with Crippen molar-refractivity contribution in [2.24, 2.45) is 0 Å². The molecular weight excluding hydrogens is 340 g/mol. The van der Waals surface area contributed by atoms with Crippen molar-refractivity contribution in [2.45, 2.75) is 58.5 Å². The van der Waals surface area contributed by atoms with Crippen LogP contribution in [0.25, 0.3) is 0 Å². The van der Waals surface area contributed by atoms with Crippen LogP contribution in [0.2, 0.25) is 0 Å².